The number of para-hydroxylation sites is 1. The van der Waals surface area contributed by atoms with Crippen LogP contribution in [0.3, 0.4) is 0 Å². The second kappa shape index (κ2) is 14.6. The molecule has 0 fully saturated rings. The minimum atomic E-state index is -0.0953. The molecular formula is C61H44N2. The first-order valence-electron chi connectivity index (χ1n) is 21.9. The molecule has 12 rings (SSSR count). The predicted octanol–water partition coefficient (Wildman–Crippen LogP) is 16.7. The van der Waals surface area contributed by atoms with E-state index in [-0.39, 0.29) is 5.41 Å². The van der Waals surface area contributed by atoms with Crippen LogP contribution in [0.15, 0.2) is 231 Å². The maximum absolute atomic E-state index is 2.41. The molecule has 0 bridgehead atoms. The average molecular weight is 805 g/mol. The average Bonchev–Trinajstić information content (AvgIpc) is 3.80. The zero-order valence-corrected chi connectivity index (χ0v) is 35.3. The van der Waals surface area contributed by atoms with Gasteiger partial charge < -0.3 is 9.47 Å². The largest absolute Gasteiger partial charge is 0.310 e. The van der Waals surface area contributed by atoms with Crippen LogP contribution in [0.2, 0.25) is 0 Å². The predicted molar refractivity (Wildman–Crippen MR) is 267 cm³/mol. The van der Waals surface area contributed by atoms with E-state index in [1.807, 2.05) is 0 Å². The van der Waals surface area contributed by atoms with Crippen molar-refractivity contribution in [3.8, 4) is 50.2 Å². The van der Waals surface area contributed by atoms with Crippen LogP contribution in [-0.2, 0) is 5.41 Å². The van der Waals surface area contributed by atoms with E-state index in [0.717, 1.165) is 17.1 Å². The van der Waals surface area contributed by atoms with E-state index in [4.69, 9.17) is 0 Å². The third kappa shape index (κ3) is 6.09. The van der Waals surface area contributed by atoms with Crippen molar-refractivity contribution in [1.29, 1.82) is 0 Å². The second-order valence-electron chi connectivity index (χ2n) is 17.4. The zero-order chi connectivity index (χ0) is 42.1. The lowest BCUT2D eigenvalue weighted by Crippen LogP contribution is -2.16. The smallest absolute Gasteiger partial charge is 0.0547 e. The van der Waals surface area contributed by atoms with E-state index in [9.17, 15) is 0 Å². The number of hydrogen-bond acceptors (Lipinski definition) is 1. The molecule has 1 aliphatic rings. The van der Waals surface area contributed by atoms with Gasteiger partial charge in [0, 0.05) is 38.9 Å². The minimum absolute atomic E-state index is 0.0953. The van der Waals surface area contributed by atoms with Gasteiger partial charge in [-0.15, -0.1) is 0 Å². The summed E-state index contributed by atoms with van der Waals surface area (Å²) in [6, 6.07) is 84.5. The number of anilines is 3. The Hall–Kier alpha value is -7.94. The molecule has 2 heteroatoms. The lowest BCUT2D eigenvalue weighted by atomic mass is 9.82. The molecule has 0 atom stereocenters. The van der Waals surface area contributed by atoms with Crippen molar-refractivity contribution >= 4 is 49.6 Å². The number of aromatic nitrogens is 1. The van der Waals surface area contributed by atoms with E-state index in [1.165, 1.54) is 93.9 Å². The summed E-state index contributed by atoms with van der Waals surface area (Å²) in [6.07, 6.45) is 0. The zero-order valence-electron chi connectivity index (χ0n) is 35.3. The Morgan fingerprint density at radius 2 is 0.857 bits per heavy atom. The lowest BCUT2D eigenvalue weighted by Gasteiger charge is -2.28. The third-order valence-electron chi connectivity index (χ3n) is 13.4. The van der Waals surface area contributed by atoms with Crippen molar-refractivity contribution in [1.82, 2.24) is 4.57 Å². The Morgan fingerprint density at radius 1 is 0.349 bits per heavy atom. The maximum Gasteiger partial charge on any atom is 0.0547 e. The quantitative estimate of drug-likeness (QED) is 0.156. The number of rotatable bonds is 7. The van der Waals surface area contributed by atoms with E-state index in [2.05, 4.69) is 254 Å². The second-order valence-corrected chi connectivity index (χ2v) is 17.4. The lowest BCUT2D eigenvalue weighted by molar-refractivity contribution is 0.660. The molecule has 1 heterocycles. The topological polar surface area (TPSA) is 8.17 Å². The fourth-order valence-electron chi connectivity index (χ4n) is 10.2. The molecule has 11 aromatic rings. The van der Waals surface area contributed by atoms with Crippen LogP contribution in [-0.4, -0.2) is 4.57 Å². The van der Waals surface area contributed by atoms with Gasteiger partial charge in [-0.05, 0) is 133 Å². The van der Waals surface area contributed by atoms with Gasteiger partial charge in [0.1, 0.15) is 0 Å². The Labute approximate surface area is 368 Å². The van der Waals surface area contributed by atoms with Gasteiger partial charge in [0.05, 0.1) is 11.0 Å². The van der Waals surface area contributed by atoms with Crippen LogP contribution in [0.1, 0.15) is 25.0 Å². The number of fused-ring (bicyclic) bond motifs is 8. The van der Waals surface area contributed by atoms with Crippen LogP contribution in [0, 0.1) is 0 Å². The molecule has 298 valence electrons. The molecule has 0 N–H and O–H groups in total. The van der Waals surface area contributed by atoms with Crippen LogP contribution in [0.5, 0.6) is 0 Å². The summed E-state index contributed by atoms with van der Waals surface area (Å²) < 4.78 is 2.40. The van der Waals surface area contributed by atoms with Crippen LogP contribution >= 0.6 is 0 Å². The summed E-state index contributed by atoms with van der Waals surface area (Å²) >= 11 is 0. The summed E-state index contributed by atoms with van der Waals surface area (Å²) in [4.78, 5) is 2.40. The first-order valence-corrected chi connectivity index (χ1v) is 21.9. The van der Waals surface area contributed by atoms with Crippen molar-refractivity contribution in [3.63, 3.8) is 0 Å². The molecule has 0 radical (unpaired) electrons. The summed E-state index contributed by atoms with van der Waals surface area (Å²) in [5, 5.41) is 5.09. The highest BCUT2D eigenvalue weighted by Crippen LogP contribution is 2.51. The van der Waals surface area contributed by atoms with Crippen LogP contribution in [0.4, 0.5) is 17.1 Å². The Morgan fingerprint density at radius 3 is 1.56 bits per heavy atom. The van der Waals surface area contributed by atoms with Gasteiger partial charge in [0.2, 0.25) is 0 Å². The molecule has 1 aliphatic carbocycles. The van der Waals surface area contributed by atoms with Crippen molar-refractivity contribution in [2.45, 2.75) is 19.3 Å². The third-order valence-corrected chi connectivity index (χ3v) is 13.4. The Kier molecular flexibility index (Phi) is 8.55. The highest BCUT2D eigenvalue weighted by molar-refractivity contribution is 6.22. The summed E-state index contributed by atoms with van der Waals surface area (Å²) in [6.45, 7) is 4.70. The number of nitrogens with zero attached hydrogens (tertiary/aromatic N) is 2. The van der Waals surface area contributed by atoms with Crippen LogP contribution < -0.4 is 4.90 Å². The monoisotopic (exact) mass is 804 g/mol. The van der Waals surface area contributed by atoms with Gasteiger partial charge in [-0.25, -0.2) is 0 Å². The maximum atomic E-state index is 2.41. The van der Waals surface area contributed by atoms with Gasteiger partial charge in [0.25, 0.3) is 0 Å². The molecule has 63 heavy (non-hydrogen) atoms. The molecule has 2 nitrogen and oxygen atoms in total. The molecule has 0 saturated heterocycles. The summed E-state index contributed by atoms with van der Waals surface area (Å²) in [5.41, 5.74) is 19.5. The van der Waals surface area contributed by atoms with Crippen molar-refractivity contribution in [2.24, 2.45) is 0 Å². The van der Waals surface area contributed by atoms with E-state index < -0.39 is 0 Å². The van der Waals surface area contributed by atoms with Crippen molar-refractivity contribution in [2.75, 3.05) is 4.90 Å². The highest BCUT2D eigenvalue weighted by atomic mass is 15.1. The Bertz CT molecular complexity index is 3490. The van der Waals surface area contributed by atoms with E-state index in [1.54, 1.807) is 0 Å². The molecule has 10 aromatic carbocycles. The van der Waals surface area contributed by atoms with Crippen LogP contribution in [0.25, 0.3) is 82.8 Å². The van der Waals surface area contributed by atoms with E-state index >= 15 is 0 Å². The minimum Gasteiger partial charge on any atom is -0.310 e. The normalized spacial score (nSPS) is 12.7. The van der Waals surface area contributed by atoms with Gasteiger partial charge >= 0.3 is 0 Å². The van der Waals surface area contributed by atoms with Gasteiger partial charge in [-0.3, -0.25) is 0 Å². The standard InChI is InChI=1S/C61H44N2/c1-61(2)56-20-12-11-19-53(56)54-36-35-51(40-57(54)61)62(49-31-25-43(26-32-49)41-13-5-3-6-14-41)50-33-27-44(28-34-50)42-21-23-45(24-22-42)47-30-37-58-55(39-47)60-52-18-10-9-15-46(52)29-38-59(60)63(58)48-16-7-4-8-17-48/h3-40H,1-2H3. The number of benzene rings is 10. The molecule has 0 saturated carbocycles. The fourth-order valence-corrected chi connectivity index (χ4v) is 10.2. The number of hydrogen-bond donors (Lipinski definition) is 0. The van der Waals surface area contributed by atoms with Gasteiger partial charge in [-0.1, -0.05) is 178 Å². The molecular weight excluding hydrogens is 761 g/mol. The first kappa shape index (κ1) is 36.9. The van der Waals surface area contributed by atoms with Gasteiger partial charge in [0.15, 0.2) is 0 Å². The van der Waals surface area contributed by atoms with E-state index in [0.29, 0.717) is 0 Å². The molecule has 0 amide bonds. The fraction of sp³-hybridized carbons (Fsp3) is 0.0492. The van der Waals surface area contributed by atoms with Crippen molar-refractivity contribution in [3.05, 3.63) is 242 Å². The molecule has 0 unspecified atom stereocenters. The molecule has 0 aliphatic heterocycles. The highest BCUT2D eigenvalue weighted by Gasteiger charge is 2.35. The first-order chi connectivity index (χ1) is 31.0. The molecule has 1 aromatic heterocycles. The SMILES string of the molecule is CC1(C)c2ccccc2-c2ccc(N(c3ccc(-c4ccccc4)cc3)c3ccc(-c4ccc(-c5ccc6c(c5)c5c7ccccc7ccc5n6-c5ccccc5)cc4)cc3)cc21. The molecule has 0 spiro atoms. The van der Waals surface area contributed by atoms with Gasteiger partial charge in [-0.2, -0.15) is 0 Å². The summed E-state index contributed by atoms with van der Waals surface area (Å²) in [5.74, 6) is 0. The Balaban J connectivity index is 0.900. The van der Waals surface area contributed by atoms with Crippen molar-refractivity contribution < 1.29 is 0 Å². The summed E-state index contributed by atoms with van der Waals surface area (Å²) in [7, 11) is 0.